The zero-order valence-corrected chi connectivity index (χ0v) is 64.8. The van der Waals surface area contributed by atoms with Gasteiger partial charge in [-0.2, -0.15) is 0 Å². The van der Waals surface area contributed by atoms with Gasteiger partial charge >= 0.3 is 39.5 Å². The highest BCUT2D eigenvalue weighted by Gasteiger charge is 2.30. The van der Waals surface area contributed by atoms with Gasteiger partial charge in [-0.1, -0.05) is 338 Å². The topological polar surface area (TPSA) is 237 Å². The molecule has 17 nitrogen and oxygen atoms in total. The maximum Gasteiger partial charge on any atom is 0.472 e. The first-order valence-electron chi connectivity index (χ1n) is 39.7. The maximum atomic E-state index is 13.1. The van der Waals surface area contributed by atoms with Gasteiger partial charge in [-0.15, -0.1) is 0 Å². The third-order valence-corrected chi connectivity index (χ3v) is 19.7. The minimum atomic E-state index is -4.96. The van der Waals surface area contributed by atoms with E-state index in [0.29, 0.717) is 31.6 Å². The Morgan fingerprint density at radius 1 is 0.260 bits per heavy atom. The summed E-state index contributed by atoms with van der Waals surface area (Å²) < 4.78 is 68.6. The Kier molecular flexibility index (Phi) is 65.0. The van der Waals surface area contributed by atoms with E-state index in [4.69, 9.17) is 37.0 Å². The zero-order chi connectivity index (χ0) is 71.0. The molecule has 0 spiro atoms. The summed E-state index contributed by atoms with van der Waals surface area (Å²) in [5.74, 6) is 0.926. The normalized spacial score (nSPS) is 14.1. The average Bonchev–Trinajstić information content (AvgIpc) is 1.83. The van der Waals surface area contributed by atoms with Crippen LogP contribution >= 0.6 is 15.6 Å². The maximum absolute atomic E-state index is 13.1. The van der Waals surface area contributed by atoms with Gasteiger partial charge < -0.3 is 33.8 Å². The van der Waals surface area contributed by atoms with Crippen molar-refractivity contribution in [2.45, 2.75) is 408 Å². The molecule has 570 valence electrons. The molecule has 0 heterocycles. The molecule has 0 rings (SSSR count). The van der Waals surface area contributed by atoms with E-state index in [9.17, 15) is 43.2 Å². The Hall–Kier alpha value is -1.94. The van der Waals surface area contributed by atoms with Gasteiger partial charge in [0, 0.05) is 25.7 Å². The fraction of sp³-hybridized carbons (Fsp3) is 0.948. The molecule has 96 heavy (non-hydrogen) atoms. The van der Waals surface area contributed by atoms with Crippen LogP contribution < -0.4 is 0 Å². The first kappa shape index (κ1) is 94.1. The molecular formula is C77H150O17P2. The Bertz CT molecular complexity index is 1880. The minimum Gasteiger partial charge on any atom is -0.462 e. The Morgan fingerprint density at radius 2 is 0.438 bits per heavy atom. The van der Waals surface area contributed by atoms with E-state index in [0.717, 1.165) is 114 Å². The second-order valence-electron chi connectivity index (χ2n) is 29.7. The van der Waals surface area contributed by atoms with E-state index in [2.05, 4.69) is 55.4 Å². The quantitative estimate of drug-likeness (QED) is 0.0222. The summed E-state index contributed by atoms with van der Waals surface area (Å²) >= 11 is 0. The monoisotopic (exact) mass is 1410 g/mol. The number of ether oxygens (including phenoxy) is 4. The van der Waals surface area contributed by atoms with Crippen LogP contribution in [-0.4, -0.2) is 96.7 Å². The largest absolute Gasteiger partial charge is 0.472 e. The van der Waals surface area contributed by atoms with Crippen LogP contribution in [-0.2, 0) is 65.4 Å². The minimum absolute atomic E-state index is 0.106. The third-order valence-electron chi connectivity index (χ3n) is 17.8. The van der Waals surface area contributed by atoms with Crippen molar-refractivity contribution in [3.05, 3.63) is 0 Å². The summed E-state index contributed by atoms with van der Waals surface area (Å²) in [6.45, 7) is 14.2. The molecule has 0 aromatic heterocycles. The highest BCUT2D eigenvalue weighted by atomic mass is 31.2. The second kappa shape index (κ2) is 66.3. The Morgan fingerprint density at radius 3 is 0.646 bits per heavy atom. The number of unbranched alkanes of at least 4 members (excludes halogenated alkanes) is 40. The van der Waals surface area contributed by atoms with Gasteiger partial charge in [0.05, 0.1) is 26.4 Å². The van der Waals surface area contributed by atoms with E-state index in [1.165, 1.54) is 186 Å². The first-order chi connectivity index (χ1) is 46.1. The number of phosphoric acid groups is 2. The Labute approximate surface area is 588 Å². The van der Waals surface area contributed by atoms with Crippen molar-refractivity contribution in [1.29, 1.82) is 0 Å². The number of aliphatic hydroxyl groups is 1. The molecule has 0 radical (unpaired) electrons. The second-order valence-corrected chi connectivity index (χ2v) is 32.6. The summed E-state index contributed by atoms with van der Waals surface area (Å²) in [6, 6.07) is 0. The van der Waals surface area contributed by atoms with Crippen molar-refractivity contribution >= 4 is 39.5 Å². The number of esters is 4. The highest BCUT2D eigenvalue weighted by Crippen LogP contribution is 2.45. The van der Waals surface area contributed by atoms with Gasteiger partial charge in [-0.25, -0.2) is 9.13 Å². The lowest BCUT2D eigenvalue weighted by atomic mass is 10.0. The first-order valence-corrected chi connectivity index (χ1v) is 42.7. The number of phosphoric ester groups is 2. The van der Waals surface area contributed by atoms with Gasteiger partial charge in [-0.05, 0) is 49.4 Å². The van der Waals surface area contributed by atoms with Gasteiger partial charge in [0.1, 0.15) is 19.3 Å². The van der Waals surface area contributed by atoms with Crippen LogP contribution in [0.2, 0.25) is 0 Å². The molecule has 0 aromatic rings. The van der Waals surface area contributed by atoms with Gasteiger partial charge in [-0.3, -0.25) is 37.3 Å². The SMILES string of the molecule is CC(C)CCCCCCCCCCCCCCCCC(=O)O[C@H](COC(=O)CCCCCCCCCC(C)C)COP(=O)(O)OCC(O)COP(=O)(O)OC[C@@H](COC(=O)CCCCCCCCCCCCC(C)C)OC(=O)CCCCCCCCCCCCCCCC(C)C. The fourth-order valence-electron chi connectivity index (χ4n) is 11.7. The molecule has 5 atom stereocenters. The number of carbonyl (C=O) groups excluding carboxylic acids is 4. The van der Waals surface area contributed by atoms with E-state index in [-0.39, 0.29) is 25.7 Å². The summed E-state index contributed by atoms with van der Waals surface area (Å²) in [5, 5.41) is 10.6. The number of rotatable bonds is 74. The van der Waals surface area contributed by atoms with Crippen molar-refractivity contribution < 1.29 is 80.2 Å². The summed E-state index contributed by atoms with van der Waals surface area (Å²) in [6.07, 6.45) is 51.4. The number of hydrogen-bond donors (Lipinski definition) is 3. The van der Waals surface area contributed by atoms with E-state index < -0.39 is 97.5 Å². The molecule has 0 aliphatic carbocycles. The summed E-state index contributed by atoms with van der Waals surface area (Å²) in [4.78, 5) is 72.9. The van der Waals surface area contributed by atoms with Crippen LogP contribution in [0.25, 0.3) is 0 Å². The average molecular weight is 1410 g/mol. The molecule has 0 aliphatic rings. The third kappa shape index (κ3) is 70.5. The molecular weight excluding hydrogens is 1260 g/mol. The zero-order valence-electron chi connectivity index (χ0n) is 63.0. The molecule has 19 heteroatoms. The smallest absolute Gasteiger partial charge is 0.462 e. The molecule has 3 unspecified atom stereocenters. The van der Waals surface area contributed by atoms with E-state index in [1.54, 1.807) is 0 Å². The molecule has 0 saturated heterocycles. The van der Waals surface area contributed by atoms with Crippen molar-refractivity contribution in [2.75, 3.05) is 39.6 Å². The van der Waals surface area contributed by atoms with Crippen molar-refractivity contribution in [1.82, 2.24) is 0 Å². The lowest BCUT2D eigenvalue weighted by Gasteiger charge is -2.21. The lowest BCUT2D eigenvalue weighted by molar-refractivity contribution is -0.161. The molecule has 0 fully saturated rings. The van der Waals surface area contributed by atoms with Gasteiger partial charge in [0.25, 0.3) is 0 Å². The van der Waals surface area contributed by atoms with Crippen molar-refractivity contribution in [3.8, 4) is 0 Å². The molecule has 0 saturated carbocycles. The lowest BCUT2D eigenvalue weighted by Crippen LogP contribution is -2.30. The van der Waals surface area contributed by atoms with Crippen molar-refractivity contribution in [2.24, 2.45) is 23.7 Å². The fourth-order valence-corrected chi connectivity index (χ4v) is 13.3. The molecule has 0 amide bonds. The van der Waals surface area contributed by atoms with E-state index >= 15 is 0 Å². The number of hydrogen-bond acceptors (Lipinski definition) is 15. The van der Waals surface area contributed by atoms with Crippen LogP contribution in [0.3, 0.4) is 0 Å². The van der Waals surface area contributed by atoms with Crippen molar-refractivity contribution in [3.63, 3.8) is 0 Å². The van der Waals surface area contributed by atoms with Crippen LogP contribution in [0.4, 0.5) is 0 Å². The van der Waals surface area contributed by atoms with Gasteiger partial charge in [0.15, 0.2) is 12.2 Å². The molecule has 3 N–H and O–H groups in total. The summed E-state index contributed by atoms with van der Waals surface area (Å²) in [7, 11) is -9.92. The predicted octanol–water partition coefficient (Wildman–Crippen LogP) is 22.4. The predicted molar refractivity (Wildman–Crippen MR) is 391 cm³/mol. The van der Waals surface area contributed by atoms with Crippen LogP contribution in [0.5, 0.6) is 0 Å². The molecule has 0 aliphatic heterocycles. The van der Waals surface area contributed by atoms with Crippen LogP contribution in [0.1, 0.15) is 389 Å². The molecule has 0 aromatic carbocycles. The van der Waals surface area contributed by atoms with E-state index in [1.807, 2.05) is 0 Å². The molecule has 0 bridgehead atoms. The highest BCUT2D eigenvalue weighted by molar-refractivity contribution is 7.47. The van der Waals surface area contributed by atoms with Crippen LogP contribution in [0.15, 0.2) is 0 Å². The van der Waals surface area contributed by atoms with Crippen LogP contribution in [0, 0.1) is 23.7 Å². The van der Waals surface area contributed by atoms with Gasteiger partial charge in [0.2, 0.25) is 0 Å². The summed E-state index contributed by atoms with van der Waals surface area (Å²) in [5.41, 5.74) is 0. The number of aliphatic hydroxyl groups excluding tert-OH is 1. The number of carbonyl (C=O) groups is 4. The Balaban J connectivity index is 5.25. The standard InChI is InChI=1S/C77H150O17P2/c1-67(2)53-45-37-29-22-16-12-9-10-14-18-26-34-43-51-59-77(82)94-73(64-88-75(80)58-50-42-36-28-32-40-48-56-70(7)8)66-92-96(85,86)90-62-71(78)61-89-95(83,84)91-65-72(63-87-74(79)57-49-41-33-25-21-20-24-31-39-47-55-69(5)6)93-76(81)60-52-44-35-27-19-15-11-13-17-23-30-38-46-54-68(3)4/h67-73,78H,9-66H2,1-8H3,(H,83,84)(H,85,86)/t71?,72-,73-/m1/s1.